The average molecular weight is 277 g/mol. The van der Waals surface area contributed by atoms with E-state index < -0.39 is 11.9 Å². The summed E-state index contributed by atoms with van der Waals surface area (Å²) in [5.74, 6) is -0.876. The summed E-state index contributed by atoms with van der Waals surface area (Å²) in [5, 5.41) is 13.6. The number of aliphatic carboxylic acids is 1. The van der Waals surface area contributed by atoms with E-state index in [4.69, 9.17) is 0 Å². The minimum atomic E-state index is -0.794. The van der Waals surface area contributed by atoms with Gasteiger partial charge in [-0.2, -0.15) is 0 Å². The summed E-state index contributed by atoms with van der Waals surface area (Å²) in [6, 6.07) is 3.80. The third kappa shape index (κ3) is 3.45. The average Bonchev–Trinajstić information content (AvgIpc) is 2.97. The van der Waals surface area contributed by atoms with Crippen LogP contribution in [0.15, 0.2) is 29.6 Å². The number of carbonyl (C=O) groups is 1. The van der Waals surface area contributed by atoms with Gasteiger partial charge in [0.05, 0.1) is 5.92 Å². The van der Waals surface area contributed by atoms with Crippen molar-refractivity contribution in [2.24, 2.45) is 16.9 Å². The first-order valence-corrected chi connectivity index (χ1v) is 6.67. The molecule has 0 saturated carbocycles. The first kappa shape index (κ1) is 14.3. The number of hydrogen-bond donors (Lipinski definition) is 4. The van der Waals surface area contributed by atoms with Crippen LogP contribution in [0, 0.1) is 11.8 Å². The fourth-order valence-corrected chi connectivity index (χ4v) is 2.39. The van der Waals surface area contributed by atoms with Crippen LogP contribution in [0.4, 0.5) is 0 Å². The number of hydrogen-bond acceptors (Lipinski definition) is 6. The van der Waals surface area contributed by atoms with E-state index in [1.165, 1.54) is 0 Å². The number of hydrazone groups is 1. The molecule has 1 aliphatic heterocycles. The van der Waals surface area contributed by atoms with E-state index in [0.717, 1.165) is 12.0 Å². The Hall–Kier alpha value is -2.15. The number of nitrogens with one attached hydrogen (secondary N) is 3. The molecule has 0 radical (unpaired) electrons. The van der Waals surface area contributed by atoms with Crippen molar-refractivity contribution < 1.29 is 9.90 Å². The van der Waals surface area contributed by atoms with Crippen LogP contribution in [0.25, 0.3) is 0 Å². The van der Waals surface area contributed by atoms with Gasteiger partial charge < -0.3 is 5.11 Å². The van der Waals surface area contributed by atoms with Gasteiger partial charge in [-0.1, -0.05) is 19.4 Å². The third-order valence-corrected chi connectivity index (χ3v) is 3.36. The standard InChI is InChI=1S/C13H19N5O2/c1-2-4-10(13(19)20)11(12-15-17-18-16-12)7-9-5-3-6-14-8-9/h3,5-6,8,10-11,17-18H,2,4,7H2,1H3,(H,15,16)(H,19,20). The first-order valence-electron chi connectivity index (χ1n) is 6.67. The van der Waals surface area contributed by atoms with Gasteiger partial charge in [-0.25, -0.2) is 5.53 Å². The lowest BCUT2D eigenvalue weighted by Crippen LogP contribution is -2.42. The van der Waals surface area contributed by atoms with Gasteiger partial charge in [0.2, 0.25) is 0 Å². The Morgan fingerprint density at radius 3 is 2.90 bits per heavy atom. The zero-order valence-corrected chi connectivity index (χ0v) is 11.3. The number of pyridine rings is 1. The van der Waals surface area contributed by atoms with Crippen LogP contribution >= 0.6 is 0 Å². The highest BCUT2D eigenvalue weighted by Crippen LogP contribution is 2.23. The lowest BCUT2D eigenvalue weighted by atomic mass is 9.83. The molecule has 0 saturated heterocycles. The smallest absolute Gasteiger partial charge is 0.307 e. The monoisotopic (exact) mass is 277 g/mol. The number of hydrazine groups is 2. The Labute approximate surface area is 117 Å². The molecule has 2 rings (SSSR count). The maximum absolute atomic E-state index is 11.5. The molecule has 4 N–H and O–H groups in total. The van der Waals surface area contributed by atoms with Crippen LogP contribution in [0.2, 0.25) is 0 Å². The molecule has 20 heavy (non-hydrogen) atoms. The van der Waals surface area contributed by atoms with E-state index in [9.17, 15) is 9.90 Å². The summed E-state index contributed by atoms with van der Waals surface area (Å²) < 4.78 is 0. The normalized spacial score (nSPS) is 16.8. The zero-order chi connectivity index (χ0) is 14.4. The molecule has 1 aliphatic rings. The van der Waals surface area contributed by atoms with Crippen LogP contribution < -0.4 is 16.5 Å². The quantitative estimate of drug-likeness (QED) is 0.584. The van der Waals surface area contributed by atoms with Crippen molar-refractivity contribution in [1.29, 1.82) is 0 Å². The molecule has 108 valence electrons. The largest absolute Gasteiger partial charge is 0.481 e. The van der Waals surface area contributed by atoms with Crippen molar-refractivity contribution in [1.82, 2.24) is 21.5 Å². The minimum absolute atomic E-state index is 0.223. The Kier molecular flexibility index (Phi) is 4.89. The first-order chi connectivity index (χ1) is 9.72. The van der Waals surface area contributed by atoms with E-state index in [2.05, 4.69) is 26.6 Å². The molecular formula is C13H19N5O2. The molecule has 2 unspecified atom stereocenters. The summed E-state index contributed by atoms with van der Waals surface area (Å²) in [4.78, 5) is 15.6. The highest BCUT2D eigenvalue weighted by molar-refractivity contribution is 5.89. The Morgan fingerprint density at radius 2 is 2.35 bits per heavy atom. The van der Waals surface area contributed by atoms with Crippen LogP contribution in [0.5, 0.6) is 0 Å². The number of carboxylic acid groups (broad SMARTS) is 1. The van der Waals surface area contributed by atoms with Crippen LogP contribution in [-0.2, 0) is 11.2 Å². The Balaban J connectivity index is 2.21. The fraction of sp³-hybridized carbons (Fsp3) is 0.462. The van der Waals surface area contributed by atoms with Crippen molar-refractivity contribution in [3.05, 3.63) is 30.1 Å². The molecule has 0 amide bonds. The topological polar surface area (TPSA) is 98.6 Å². The minimum Gasteiger partial charge on any atom is -0.481 e. The number of aromatic nitrogens is 1. The highest BCUT2D eigenvalue weighted by Gasteiger charge is 2.33. The summed E-state index contributed by atoms with van der Waals surface area (Å²) in [6.07, 6.45) is 5.47. The van der Waals surface area contributed by atoms with E-state index in [-0.39, 0.29) is 5.92 Å². The summed E-state index contributed by atoms with van der Waals surface area (Å²) >= 11 is 0. The second-order valence-electron chi connectivity index (χ2n) is 4.76. The maximum Gasteiger partial charge on any atom is 0.307 e. The second kappa shape index (κ2) is 6.85. The Bertz CT molecular complexity index is 477. The molecule has 0 fully saturated rings. The van der Waals surface area contributed by atoms with Gasteiger partial charge >= 0.3 is 5.97 Å². The molecule has 0 aliphatic carbocycles. The summed E-state index contributed by atoms with van der Waals surface area (Å²) in [7, 11) is 0. The molecule has 7 heteroatoms. The van der Waals surface area contributed by atoms with Crippen molar-refractivity contribution >= 4 is 11.8 Å². The van der Waals surface area contributed by atoms with Gasteiger partial charge in [-0.05, 0) is 24.5 Å². The van der Waals surface area contributed by atoms with Gasteiger partial charge in [0.25, 0.3) is 0 Å². The van der Waals surface area contributed by atoms with Crippen LogP contribution in [0.3, 0.4) is 0 Å². The molecule has 1 aromatic heterocycles. The van der Waals surface area contributed by atoms with Gasteiger partial charge in [0, 0.05) is 18.3 Å². The molecule has 2 atom stereocenters. The summed E-state index contributed by atoms with van der Waals surface area (Å²) in [5.41, 5.74) is 9.13. The molecule has 1 aromatic rings. The lowest BCUT2D eigenvalue weighted by molar-refractivity contribution is -0.143. The van der Waals surface area contributed by atoms with E-state index in [1.54, 1.807) is 12.4 Å². The molecular weight excluding hydrogens is 258 g/mol. The second-order valence-corrected chi connectivity index (χ2v) is 4.76. The van der Waals surface area contributed by atoms with Gasteiger partial charge in [-0.15, -0.1) is 10.6 Å². The van der Waals surface area contributed by atoms with Gasteiger partial charge in [0.15, 0.2) is 0 Å². The van der Waals surface area contributed by atoms with Crippen LogP contribution in [0.1, 0.15) is 25.3 Å². The number of nitrogens with zero attached hydrogens (tertiary/aromatic N) is 2. The Morgan fingerprint density at radius 1 is 1.50 bits per heavy atom. The van der Waals surface area contributed by atoms with Crippen LogP contribution in [-0.4, -0.2) is 21.9 Å². The lowest BCUT2D eigenvalue weighted by Gasteiger charge is -2.23. The number of carboxylic acids is 1. The van der Waals surface area contributed by atoms with E-state index in [1.807, 2.05) is 19.1 Å². The molecule has 7 nitrogen and oxygen atoms in total. The molecule has 0 bridgehead atoms. The zero-order valence-electron chi connectivity index (χ0n) is 11.3. The number of amidine groups is 1. The van der Waals surface area contributed by atoms with Crippen molar-refractivity contribution in [2.75, 3.05) is 0 Å². The SMILES string of the molecule is CCCC(C(=O)O)C(Cc1cccnc1)C1=NNNN1. The molecule has 2 heterocycles. The van der Waals surface area contributed by atoms with E-state index >= 15 is 0 Å². The van der Waals surface area contributed by atoms with Gasteiger partial charge in [-0.3, -0.25) is 15.2 Å². The predicted octanol–water partition coefficient (Wildman–Crippen LogP) is 0.667. The molecule has 0 aromatic carbocycles. The number of rotatable bonds is 7. The predicted molar refractivity (Wildman–Crippen MR) is 74.3 cm³/mol. The van der Waals surface area contributed by atoms with Gasteiger partial charge in [0.1, 0.15) is 5.84 Å². The van der Waals surface area contributed by atoms with E-state index in [0.29, 0.717) is 18.7 Å². The maximum atomic E-state index is 11.5. The third-order valence-electron chi connectivity index (χ3n) is 3.36. The highest BCUT2D eigenvalue weighted by atomic mass is 16.4. The van der Waals surface area contributed by atoms with Crippen molar-refractivity contribution in [2.45, 2.75) is 26.2 Å². The summed E-state index contributed by atoms with van der Waals surface area (Å²) in [6.45, 7) is 1.98. The fourth-order valence-electron chi connectivity index (χ4n) is 2.39. The van der Waals surface area contributed by atoms with Crippen molar-refractivity contribution in [3.63, 3.8) is 0 Å². The van der Waals surface area contributed by atoms with Crippen molar-refractivity contribution in [3.8, 4) is 0 Å². The molecule has 0 spiro atoms.